The first kappa shape index (κ1) is 34.1. The SMILES string of the molecule is CC1(C)c2ccccc2-c2ccc(N(c3ccc(-c4ccc5oc6ccccc6c5c4)cc3)c3cccc4oc5cc6c(cc5c34)oc3ccc(-c4ccccc4)cc36)cc21. The Balaban J connectivity index is 0.993. The lowest BCUT2D eigenvalue weighted by Gasteiger charge is -2.28. The molecule has 12 aromatic rings. The van der Waals surface area contributed by atoms with Crippen LogP contribution >= 0.6 is 0 Å². The zero-order valence-corrected chi connectivity index (χ0v) is 33.6. The van der Waals surface area contributed by atoms with Gasteiger partial charge in [0.2, 0.25) is 0 Å². The van der Waals surface area contributed by atoms with Crippen LogP contribution in [0.5, 0.6) is 0 Å². The summed E-state index contributed by atoms with van der Waals surface area (Å²) in [6, 6.07) is 67.1. The van der Waals surface area contributed by atoms with Gasteiger partial charge in [0.1, 0.15) is 33.5 Å². The number of para-hydroxylation sites is 1. The molecular weight excluding hydrogens is 747 g/mol. The number of nitrogens with zero attached hydrogens (tertiary/aromatic N) is 1. The van der Waals surface area contributed by atoms with E-state index in [-0.39, 0.29) is 5.41 Å². The van der Waals surface area contributed by atoms with Gasteiger partial charge >= 0.3 is 0 Å². The minimum absolute atomic E-state index is 0.158. The molecule has 4 nitrogen and oxygen atoms in total. The molecule has 1 aliphatic carbocycles. The Morgan fingerprint density at radius 3 is 1.72 bits per heavy atom. The predicted molar refractivity (Wildman–Crippen MR) is 251 cm³/mol. The number of benzene rings is 9. The number of hydrogen-bond donors (Lipinski definition) is 0. The van der Waals surface area contributed by atoms with Crippen molar-refractivity contribution in [2.75, 3.05) is 4.90 Å². The van der Waals surface area contributed by atoms with E-state index in [0.29, 0.717) is 0 Å². The molecule has 61 heavy (non-hydrogen) atoms. The molecule has 9 aromatic carbocycles. The third kappa shape index (κ3) is 5.06. The van der Waals surface area contributed by atoms with Gasteiger partial charge in [0.25, 0.3) is 0 Å². The maximum atomic E-state index is 6.77. The molecule has 0 aliphatic heterocycles. The van der Waals surface area contributed by atoms with Gasteiger partial charge in [0.15, 0.2) is 0 Å². The summed E-state index contributed by atoms with van der Waals surface area (Å²) >= 11 is 0. The first-order chi connectivity index (χ1) is 30.0. The third-order valence-electron chi connectivity index (χ3n) is 13.1. The minimum atomic E-state index is -0.158. The van der Waals surface area contributed by atoms with Crippen molar-refractivity contribution in [2.24, 2.45) is 0 Å². The topological polar surface area (TPSA) is 42.7 Å². The predicted octanol–water partition coefficient (Wildman–Crippen LogP) is 16.5. The highest BCUT2D eigenvalue weighted by atomic mass is 16.3. The second-order valence-electron chi connectivity index (χ2n) is 16.9. The molecular formula is C57H37NO3. The van der Waals surface area contributed by atoms with Crippen LogP contribution in [0, 0.1) is 0 Å². The molecule has 0 bridgehead atoms. The summed E-state index contributed by atoms with van der Waals surface area (Å²) in [6.07, 6.45) is 0. The fourth-order valence-electron chi connectivity index (χ4n) is 10.0. The molecule has 0 fully saturated rings. The van der Waals surface area contributed by atoms with E-state index < -0.39 is 0 Å². The summed E-state index contributed by atoms with van der Waals surface area (Å²) in [5.74, 6) is 0. The van der Waals surface area contributed by atoms with E-state index >= 15 is 0 Å². The van der Waals surface area contributed by atoms with Crippen molar-refractivity contribution in [3.05, 3.63) is 199 Å². The van der Waals surface area contributed by atoms with E-state index in [1.54, 1.807) is 0 Å². The highest BCUT2D eigenvalue weighted by Gasteiger charge is 2.36. The summed E-state index contributed by atoms with van der Waals surface area (Å²) in [6.45, 7) is 4.68. The summed E-state index contributed by atoms with van der Waals surface area (Å²) in [7, 11) is 0. The van der Waals surface area contributed by atoms with Crippen LogP contribution in [-0.4, -0.2) is 0 Å². The van der Waals surface area contributed by atoms with Gasteiger partial charge < -0.3 is 18.2 Å². The third-order valence-corrected chi connectivity index (χ3v) is 13.1. The van der Waals surface area contributed by atoms with Gasteiger partial charge in [-0.05, 0) is 123 Å². The molecule has 3 aromatic heterocycles. The van der Waals surface area contributed by atoms with E-state index in [4.69, 9.17) is 13.3 Å². The molecule has 288 valence electrons. The molecule has 4 heteroatoms. The van der Waals surface area contributed by atoms with Crippen LogP contribution in [0.1, 0.15) is 25.0 Å². The zero-order valence-electron chi connectivity index (χ0n) is 33.6. The molecule has 0 unspecified atom stereocenters. The van der Waals surface area contributed by atoms with Crippen molar-refractivity contribution in [1.29, 1.82) is 0 Å². The van der Waals surface area contributed by atoms with Crippen LogP contribution < -0.4 is 4.90 Å². The van der Waals surface area contributed by atoms with Gasteiger partial charge in [-0.2, -0.15) is 0 Å². The largest absolute Gasteiger partial charge is 0.456 e. The second kappa shape index (κ2) is 12.6. The Labute approximate surface area is 351 Å². The molecule has 0 amide bonds. The molecule has 0 N–H and O–H groups in total. The van der Waals surface area contributed by atoms with E-state index in [2.05, 4.69) is 189 Å². The number of furan rings is 3. The van der Waals surface area contributed by atoms with Crippen LogP contribution in [0.2, 0.25) is 0 Å². The molecule has 1 aliphatic rings. The van der Waals surface area contributed by atoms with Crippen molar-refractivity contribution in [3.8, 4) is 33.4 Å². The summed E-state index contributed by atoms with van der Waals surface area (Å²) in [4.78, 5) is 2.39. The van der Waals surface area contributed by atoms with Crippen LogP contribution in [-0.2, 0) is 5.41 Å². The average Bonchev–Trinajstić information content (AvgIpc) is 4.03. The molecule has 13 rings (SSSR count). The Bertz CT molecular complexity index is 3730. The highest BCUT2D eigenvalue weighted by Crippen LogP contribution is 2.52. The van der Waals surface area contributed by atoms with E-state index in [9.17, 15) is 0 Å². The van der Waals surface area contributed by atoms with Gasteiger partial charge in [0, 0.05) is 43.7 Å². The molecule has 0 spiro atoms. The van der Waals surface area contributed by atoms with Gasteiger partial charge in [-0.15, -0.1) is 0 Å². The first-order valence-corrected chi connectivity index (χ1v) is 20.9. The number of hydrogen-bond acceptors (Lipinski definition) is 4. The van der Waals surface area contributed by atoms with Crippen molar-refractivity contribution >= 4 is 82.9 Å². The van der Waals surface area contributed by atoms with E-state index in [1.165, 1.54) is 27.8 Å². The molecule has 0 saturated carbocycles. The fourth-order valence-corrected chi connectivity index (χ4v) is 10.0. The fraction of sp³-hybridized carbons (Fsp3) is 0.0526. The summed E-state index contributed by atoms with van der Waals surface area (Å²) in [5.41, 5.74) is 18.0. The van der Waals surface area contributed by atoms with Gasteiger partial charge in [-0.25, -0.2) is 0 Å². The Hall–Kier alpha value is -7.82. The number of fused-ring (bicyclic) bond motifs is 12. The lowest BCUT2D eigenvalue weighted by molar-refractivity contribution is 0.660. The van der Waals surface area contributed by atoms with Gasteiger partial charge in [-0.1, -0.05) is 123 Å². The molecule has 0 atom stereocenters. The van der Waals surface area contributed by atoms with Crippen LogP contribution in [0.3, 0.4) is 0 Å². The van der Waals surface area contributed by atoms with Gasteiger partial charge in [0.05, 0.1) is 11.1 Å². The monoisotopic (exact) mass is 783 g/mol. The summed E-state index contributed by atoms with van der Waals surface area (Å²) in [5, 5.41) is 6.40. The normalized spacial score (nSPS) is 13.2. The lowest BCUT2D eigenvalue weighted by atomic mass is 9.82. The van der Waals surface area contributed by atoms with Gasteiger partial charge in [-0.3, -0.25) is 0 Å². The van der Waals surface area contributed by atoms with Crippen molar-refractivity contribution in [3.63, 3.8) is 0 Å². The lowest BCUT2D eigenvalue weighted by Crippen LogP contribution is -2.16. The Kier molecular flexibility index (Phi) is 7.04. The van der Waals surface area contributed by atoms with E-state index in [0.717, 1.165) is 99.6 Å². The maximum Gasteiger partial charge on any atom is 0.137 e. The number of rotatable bonds is 5. The second-order valence-corrected chi connectivity index (χ2v) is 16.9. The molecule has 3 heterocycles. The van der Waals surface area contributed by atoms with Crippen molar-refractivity contribution in [1.82, 2.24) is 0 Å². The number of anilines is 3. The van der Waals surface area contributed by atoms with Crippen LogP contribution in [0.4, 0.5) is 17.1 Å². The molecule has 0 saturated heterocycles. The van der Waals surface area contributed by atoms with Crippen LogP contribution in [0.25, 0.3) is 99.2 Å². The van der Waals surface area contributed by atoms with Crippen LogP contribution in [0.15, 0.2) is 201 Å². The van der Waals surface area contributed by atoms with Crippen molar-refractivity contribution < 1.29 is 13.3 Å². The Morgan fingerprint density at radius 1 is 0.344 bits per heavy atom. The standard InChI is InChI=1S/C57H37NO3/c1-57(2)47-15-8-6-13-40(47)41-26-25-39(31-48(41)57)58(38-23-19-35(20-24-38)37-22-27-51-43(29-37)42-14-7-9-17-50(42)59-51)49-16-10-18-53-56(49)46-33-54-45(32-55(46)61-53)44-30-36(21-28-52(44)60-54)34-11-4-3-5-12-34/h3-33H,1-2H3. The Morgan fingerprint density at radius 2 is 0.902 bits per heavy atom. The maximum absolute atomic E-state index is 6.77. The zero-order chi connectivity index (χ0) is 40.4. The average molecular weight is 784 g/mol. The minimum Gasteiger partial charge on any atom is -0.456 e. The quantitative estimate of drug-likeness (QED) is 0.174. The van der Waals surface area contributed by atoms with E-state index in [1.807, 2.05) is 18.2 Å². The highest BCUT2D eigenvalue weighted by molar-refractivity contribution is 6.19. The first-order valence-electron chi connectivity index (χ1n) is 20.9. The molecule has 0 radical (unpaired) electrons. The summed E-state index contributed by atoms with van der Waals surface area (Å²) < 4.78 is 19.5. The van der Waals surface area contributed by atoms with Crippen molar-refractivity contribution in [2.45, 2.75) is 19.3 Å². The smallest absolute Gasteiger partial charge is 0.137 e.